The number of aromatic nitrogens is 2. The van der Waals surface area contributed by atoms with Crippen LogP contribution in [0.4, 0.5) is 0 Å². The van der Waals surface area contributed by atoms with Gasteiger partial charge in [-0.15, -0.1) is 0 Å². The van der Waals surface area contributed by atoms with E-state index >= 15 is 0 Å². The Morgan fingerprint density at radius 1 is 1.64 bits per heavy atom. The minimum absolute atomic E-state index is 0.529. The molecule has 0 unspecified atom stereocenters. The van der Waals surface area contributed by atoms with E-state index in [1.54, 1.807) is 6.08 Å². The smallest absolute Gasteiger partial charge is 0.0847 e. The van der Waals surface area contributed by atoms with Gasteiger partial charge in [0.15, 0.2) is 0 Å². The second kappa shape index (κ2) is 2.91. The third-order valence-corrected chi connectivity index (χ3v) is 1.74. The highest BCUT2D eigenvalue weighted by Gasteiger charge is 2.05. The minimum atomic E-state index is 0.529. The molecule has 0 saturated heterocycles. The van der Waals surface area contributed by atoms with Crippen molar-refractivity contribution in [3.8, 4) is 0 Å². The van der Waals surface area contributed by atoms with E-state index < -0.39 is 0 Å². The van der Waals surface area contributed by atoms with Crippen molar-refractivity contribution >= 4 is 6.08 Å². The summed E-state index contributed by atoms with van der Waals surface area (Å²) in [6.45, 7) is 7.98. The molecule has 0 spiro atoms. The predicted octanol–water partition coefficient (Wildman–Crippen LogP) is 2.19. The maximum Gasteiger partial charge on any atom is 0.0847 e. The zero-order valence-corrected chi connectivity index (χ0v) is 7.33. The molecular formula is C9H14N2. The van der Waals surface area contributed by atoms with Crippen LogP contribution in [0.5, 0.6) is 0 Å². The monoisotopic (exact) mass is 150 g/mol. The summed E-state index contributed by atoms with van der Waals surface area (Å²) in [7, 11) is 1.96. The lowest BCUT2D eigenvalue weighted by Gasteiger charge is -2.02. The van der Waals surface area contributed by atoms with Crippen molar-refractivity contribution in [2.75, 3.05) is 0 Å². The summed E-state index contributed by atoms with van der Waals surface area (Å²) < 4.78 is 1.90. The lowest BCUT2D eigenvalue weighted by Crippen LogP contribution is -1.99. The van der Waals surface area contributed by atoms with Crippen molar-refractivity contribution in [1.29, 1.82) is 0 Å². The van der Waals surface area contributed by atoms with Crippen LogP contribution < -0.4 is 0 Å². The number of nitrogens with zero attached hydrogens (tertiary/aromatic N) is 2. The van der Waals surface area contributed by atoms with Crippen LogP contribution in [0.1, 0.15) is 31.2 Å². The average Bonchev–Trinajstić information content (AvgIpc) is 2.30. The van der Waals surface area contributed by atoms with E-state index in [0.717, 1.165) is 5.69 Å². The Labute approximate surface area is 67.5 Å². The SMILES string of the molecule is C=Cc1cc(C(C)C)n(C)n1. The fourth-order valence-electron chi connectivity index (χ4n) is 1.14. The van der Waals surface area contributed by atoms with Crippen molar-refractivity contribution in [3.05, 3.63) is 24.0 Å². The molecule has 0 bridgehead atoms. The molecular weight excluding hydrogens is 136 g/mol. The Morgan fingerprint density at radius 3 is 2.55 bits per heavy atom. The Morgan fingerprint density at radius 2 is 2.27 bits per heavy atom. The molecule has 0 amide bonds. The van der Waals surface area contributed by atoms with Gasteiger partial charge in [-0.1, -0.05) is 20.4 Å². The molecule has 0 aromatic carbocycles. The molecule has 60 valence electrons. The van der Waals surface area contributed by atoms with Gasteiger partial charge in [0, 0.05) is 12.7 Å². The van der Waals surface area contributed by atoms with Crippen molar-refractivity contribution < 1.29 is 0 Å². The summed E-state index contributed by atoms with van der Waals surface area (Å²) in [5, 5.41) is 4.25. The predicted molar refractivity (Wildman–Crippen MR) is 47.4 cm³/mol. The Balaban J connectivity index is 3.06. The fraction of sp³-hybridized carbons (Fsp3) is 0.444. The van der Waals surface area contributed by atoms with Crippen LogP contribution in [0.15, 0.2) is 12.6 Å². The van der Waals surface area contributed by atoms with Gasteiger partial charge in [-0.2, -0.15) is 5.10 Å². The summed E-state index contributed by atoms with van der Waals surface area (Å²) in [5.74, 6) is 0.529. The molecule has 0 atom stereocenters. The number of aryl methyl sites for hydroxylation is 1. The third kappa shape index (κ3) is 1.50. The molecule has 1 heterocycles. The fourth-order valence-corrected chi connectivity index (χ4v) is 1.14. The lowest BCUT2D eigenvalue weighted by atomic mass is 10.1. The summed E-state index contributed by atoms with van der Waals surface area (Å²) in [6, 6.07) is 2.07. The van der Waals surface area contributed by atoms with Crippen LogP contribution in [-0.4, -0.2) is 9.78 Å². The normalized spacial score (nSPS) is 10.5. The summed E-state index contributed by atoms with van der Waals surface area (Å²) in [5.41, 5.74) is 2.20. The van der Waals surface area contributed by atoms with Crippen LogP contribution in [0, 0.1) is 0 Å². The number of rotatable bonds is 2. The van der Waals surface area contributed by atoms with E-state index in [2.05, 4.69) is 31.6 Å². The van der Waals surface area contributed by atoms with Gasteiger partial charge in [-0.25, -0.2) is 0 Å². The van der Waals surface area contributed by atoms with Gasteiger partial charge < -0.3 is 0 Å². The second-order valence-corrected chi connectivity index (χ2v) is 2.98. The van der Waals surface area contributed by atoms with Crippen LogP contribution in [0.2, 0.25) is 0 Å². The standard InChI is InChI=1S/C9H14N2/c1-5-8-6-9(7(2)3)11(4)10-8/h5-7H,1H2,2-4H3. The molecule has 0 radical (unpaired) electrons. The molecule has 0 fully saturated rings. The average molecular weight is 150 g/mol. The Hall–Kier alpha value is -1.05. The number of hydrogen-bond acceptors (Lipinski definition) is 1. The maximum absolute atomic E-state index is 4.25. The van der Waals surface area contributed by atoms with E-state index in [0.29, 0.717) is 5.92 Å². The molecule has 0 aliphatic carbocycles. The van der Waals surface area contributed by atoms with Gasteiger partial charge in [0.1, 0.15) is 0 Å². The zero-order valence-electron chi connectivity index (χ0n) is 7.33. The van der Waals surface area contributed by atoms with Crippen LogP contribution in [0.3, 0.4) is 0 Å². The molecule has 1 aromatic rings. The van der Waals surface area contributed by atoms with Crippen molar-refractivity contribution in [2.24, 2.45) is 7.05 Å². The molecule has 1 aromatic heterocycles. The van der Waals surface area contributed by atoms with Crippen molar-refractivity contribution in [1.82, 2.24) is 9.78 Å². The van der Waals surface area contributed by atoms with Gasteiger partial charge in [0.25, 0.3) is 0 Å². The largest absolute Gasteiger partial charge is 0.272 e. The molecule has 2 nitrogen and oxygen atoms in total. The lowest BCUT2D eigenvalue weighted by molar-refractivity contribution is 0.668. The first-order chi connectivity index (χ1) is 5.15. The third-order valence-electron chi connectivity index (χ3n) is 1.74. The van der Waals surface area contributed by atoms with Gasteiger partial charge in [0.05, 0.1) is 5.69 Å². The van der Waals surface area contributed by atoms with E-state index in [1.807, 2.05) is 11.7 Å². The van der Waals surface area contributed by atoms with Crippen molar-refractivity contribution in [2.45, 2.75) is 19.8 Å². The quantitative estimate of drug-likeness (QED) is 0.632. The highest BCUT2D eigenvalue weighted by Crippen LogP contribution is 2.14. The zero-order chi connectivity index (χ0) is 8.43. The molecule has 0 N–H and O–H groups in total. The first-order valence-electron chi connectivity index (χ1n) is 3.81. The van der Waals surface area contributed by atoms with Crippen LogP contribution in [0.25, 0.3) is 6.08 Å². The summed E-state index contributed by atoms with van der Waals surface area (Å²) in [4.78, 5) is 0. The van der Waals surface area contributed by atoms with Crippen LogP contribution >= 0.6 is 0 Å². The summed E-state index contributed by atoms with van der Waals surface area (Å²) >= 11 is 0. The molecule has 0 aliphatic heterocycles. The van der Waals surface area contributed by atoms with Gasteiger partial charge in [-0.3, -0.25) is 4.68 Å². The Kier molecular flexibility index (Phi) is 2.13. The molecule has 2 heteroatoms. The highest BCUT2D eigenvalue weighted by molar-refractivity contribution is 5.42. The van der Waals surface area contributed by atoms with Crippen LogP contribution in [-0.2, 0) is 7.05 Å². The molecule has 0 aliphatic rings. The van der Waals surface area contributed by atoms with E-state index in [-0.39, 0.29) is 0 Å². The molecule has 11 heavy (non-hydrogen) atoms. The molecule has 1 rings (SSSR count). The first kappa shape index (κ1) is 8.05. The first-order valence-corrected chi connectivity index (χ1v) is 3.81. The van der Waals surface area contributed by atoms with E-state index in [4.69, 9.17) is 0 Å². The van der Waals surface area contributed by atoms with Gasteiger partial charge >= 0.3 is 0 Å². The topological polar surface area (TPSA) is 17.8 Å². The number of hydrogen-bond donors (Lipinski definition) is 0. The van der Waals surface area contributed by atoms with Crippen molar-refractivity contribution in [3.63, 3.8) is 0 Å². The highest BCUT2D eigenvalue weighted by atomic mass is 15.3. The van der Waals surface area contributed by atoms with E-state index in [9.17, 15) is 0 Å². The molecule has 0 saturated carbocycles. The van der Waals surface area contributed by atoms with E-state index in [1.165, 1.54) is 5.69 Å². The van der Waals surface area contributed by atoms with Gasteiger partial charge in [0.2, 0.25) is 0 Å². The minimum Gasteiger partial charge on any atom is -0.272 e. The van der Waals surface area contributed by atoms with Gasteiger partial charge in [-0.05, 0) is 18.1 Å². The maximum atomic E-state index is 4.25. The summed E-state index contributed by atoms with van der Waals surface area (Å²) in [6.07, 6.45) is 1.77. The Bertz CT molecular complexity index is 259. The second-order valence-electron chi connectivity index (χ2n) is 2.98.